The summed E-state index contributed by atoms with van der Waals surface area (Å²) in [5.74, 6) is -2.31. The van der Waals surface area contributed by atoms with Crippen LogP contribution in [0, 0.1) is 20.2 Å². The molecule has 0 aromatic heterocycles. The quantitative estimate of drug-likeness (QED) is 0.213. The van der Waals surface area contributed by atoms with Gasteiger partial charge in [-0.3, -0.25) is 24.1 Å². The van der Waals surface area contributed by atoms with Gasteiger partial charge < -0.3 is 14.6 Å². The summed E-state index contributed by atoms with van der Waals surface area (Å²) in [7, 11) is 1.31. The van der Waals surface area contributed by atoms with E-state index in [4.69, 9.17) is 0 Å². The number of imide groups is 1. The zero-order valence-electron chi connectivity index (χ0n) is 14.9. The molecular formula is C15H14N4O10. The van der Waals surface area contributed by atoms with Gasteiger partial charge in [0.2, 0.25) is 0 Å². The van der Waals surface area contributed by atoms with E-state index in [-0.39, 0.29) is 28.8 Å². The van der Waals surface area contributed by atoms with Crippen molar-refractivity contribution in [2.45, 2.75) is 0 Å². The summed E-state index contributed by atoms with van der Waals surface area (Å²) in [5, 5.41) is 18.3. The molecule has 1 aromatic carbocycles. The first kappa shape index (κ1) is 21.2. The van der Waals surface area contributed by atoms with Crippen molar-refractivity contribution < 1.29 is 39.0 Å². The van der Waals surface area contributed by atoms with Gasteiger partial charge in [0, 0.05) is 19.2 Å². The topological polar surface area (TPSA) is 180 Å². The van der Waals surface area contributed by atoms with E-state index in [9.17, 15) is 39.4 Å². The van der Waals surface area contributed by atoms with Crippen LogP contribution < -0.4 is 0 Å². The smallest absolute Gasteiger partial charge is 0.294 e. The van der Waals surface area contributed by atoms with Crippen LogP contribution >= 0.6 is 0 Å². The number of carbonyl (C=O) groups is 4. The lowest BCUT2D eigenvalue weighted by molar-refractivity contribution is -0.757. The molecule has 154 valence electrons. The van der Waals surface area contributed by atoms with Gasteiger partial charge in [-0.15, -0.1) is 20.2 Å². The van der Waals surface area contributed by atoms with Gasteiger partial charge in [0.15, 0.2) is 6.29 Å². The van der Waals surface area contributed by atoms with Crippen molar-refractivity contribution in [2.75, 3.05) is 33.4 Å². The highest BCUT2D eigenvalue weighted by Gasteiger charge is 2.37. The number of fused-ring (bicyclic) bond motifs is 1. The van der Waals surface area contributed by atoms with Crippen molar-refractivity contribution in [1.29, 1.82) is 0 Å². The van der Waals surface area contributed by atoms with Gasteiger partial charge in [-0.1, -0.05) is 0 Å². The number of nitrogens with zero attached hydrogens (tertiary/aromatic N) is 4. The second-order valence-corrected chi connectivity index (χ2v) is 5.71. The Morgan fingerprint density at radius 3 is 2.21 bits per heavy atom. The van der Waals surface area contributed by atoms with E-state index in [1.54, 1.807) is 0 Å². The van der Waals surface area contributed by atoms with Crippen LogP contribution in [0.3, 0.4) is 0 Å². The number of hydrogen-bond acceptors (Lipinski definition) is 10. The Balaban J connectivity index is 2.25. The molecule has 14 heteroatoms. The third-order valence-corrected chi connectivity index (χ3v) is 3.98. The SMILES string of the molecule is CN(CCO[N+](=O)[O-])C(=O)c1cc2c(cc1C=O)C(=O)N(CCO[N+](=O)[O-])C2=O. The van der Waals surface area contributed by atoms with Crippen LogP contribution in [0.25, 0.3) is 0 Å². The molecule has 1 aromatic rings. The fourth-order valence-electron chi connectivity index (χ4n) is 2.61. The second-order valence-electron chi connectivity index (χ2n) is 5.71. The summed E-state index contributed by atoms with van der Waals surface area (Å²) in [4.78, 5) is 79.1. The van der Waals surface area contributed by atoms with E-state index < -0.39 is 47.7 Å². The molecule has 1 aliphatic rings. The number of aldehydes is 1. The van der Waals surface area contributed by atoms with Crippen molar-refractivity contribution in [3.8, 4) is 0 Å². The van der Waals surface area contributed by atoms with Gasteiger partial charge >= 0.3 is 0 Å². The number of likely N-dealkylation sites (N-methyl/N-ethyl adjacent to an activating group) is 1. The molecule has 0 saturated carbocycles. The first-order chi connectivity index (χ1) is 13.7. The molecule has 1 aliphatic heterocycles. The Hall–Kier alpha value is -4.10. The lowest BCUT2D eigenvalue weighted by atomic mass is 9.99. The van der Waals surface area contributed by atoms with E-state index in [0.29, 0.717) is 11.2 Å². The van der Waals surface area contributed by atoms with Crippen LogP contribution in [0.2, 0.25) is 0 Å². The highest BCUT2D eigenvalue weighted by Crippen LogP contribution is 2.26. The van der Waals surface area contributed by atoms with Gasteiger partial charge in [0.1, 0.15) is 13.2 Å². The Morgan fingerprint density at radius 2 is 1.66 bits per heavy atom. The number of benzene rings is 1. The molecule has 14 nitrogen and oxygen atoms in total. The molecule has 0 radical (unpaired) electrons. The summed E-state index contributed by atoms with van der Waals surface area (Å²) in [6.07, 6.45) is 0.325. The van der Waals surface area contributed by atoms with Crippen molar-refractivity contribution in [2.24, 2.45) is 0 Å². The van der Waals surface area contributed by atoms with Gasteiger partial charge in [-0.25, -0.2) is 0 Å². The fourth-order valence-corrected chi connectivity index (χ4v) is 2.61. The second kappa shape index (κ2) is 8.73. The molecule has 0 fully saturated rings. The van der Waals surface area contributed by atoms with Crippen molar-refractivity contribution in [3.05, 3.63) is 54.6 Å². The summed E-state index contributed by atoms with van der Waals surface area (Å²) in [5.41, 5.74) is -0.638. The van der Waals surface area contributed by atoms with E-state index in [0.717, 1.165) is 17.0 Å². The normalized spacial score (nSPS) is 12.4. The average molecular weight is 410 g/mol. The zero-order chi connectivity index (χ0) is 21.7. The average Bonchev–Trinajstić information content (AvgIpc) is 2.89. The van der Waals surface area contributed by atoms with Crippen LogP contribution in [-0.2, 0) is 9.68 Å². The molecule has 0 aliphatic carbocycles. The first-order valence-electron chi connectivity index (χ1n) is 7.96. The first-order valence-corrected chi connectivity index (χ1v) is 7.96. The molecule has 0 atom stereocenters. The standard InChI is InChI=1S/C15H14N4O10/c1-16(2-4-28-18(24)25)13(21)10-7-12-11(6-9(10)8-20)14(22)17(15(12)23)3-5-29-19(26)27/h6-8H,2-5H2,1H3. The molecule has 1 heterocycles. The van der Waals surface area contributed by atoms with Gasteiger partial charge in [-0.2, -0.15) is 0 Å². The zero-order valence-corrected chi connectivity index (χ0v) is 14.9. The van der Waals surface area contributed by atoms with Crippen molar-refractivity contribution in [3.63, 3.8) is 0 Å². The number of hydrogen-bond donors (Lipinski definition) is 0. The molecule has 0 spiro atoms. The van der Waals surface area contributed by atoms with Crippen LogP contribution in [-0.4, -0.2) is 77.3 Å². The summed E-state index contributed by atoms with van der Waals surface area (Å²) in [6, 6.07) is 2.15. The molecule has 0 saturated heterocycles. The number of amides is 3. The molecule has 0 N–H and O–H groups in total. The van der Waals surface area contributed by atoms with Crippen LogP contribution in [0.5, 0.6) is 0 Å². The van der Waals surface area contributed by atoms with E-state index in [1.165, 1.54) is 7.05 Å². The minimum Gasteiger partial charge on any atom is -0.340 e. The third-order valence-electron chi connectivity index (χ3n) is 3.98. The highest BCUT2D eigenvalue weighted by molar-refractivity contribution is 6.22. The van der Waals surface area contributed by atoms with Gasteiger partial charge in [-0.05, 0) is 12.1 Å². The predicted molar refractivity (Wildman–Crippen MR) is 90.0 cm³/mol. The summed E-state index contributed by atoms with van der Waals surface area (Å²) >= 11 is 0. The molecular weight excluding hydrogens is 396 g/mol. The lowest BCUT2D eigenvalue weighted by Crippen LogP contribution is -2.33. The van der Waals surface area contributed by atoms with Gasteiger partial charge in [0.05, 0.1) is 23.2 Å². The maximum Gasteiger partial charge on any atom is 0.294 e. The van der Waals surface area contributed by atoms with Crippen LogP contribution in [0.1, 0.15) is 41.4 Å². The Kier molecular flexibility index (Phi) is 6.38. The monoisotopic (exact) mass is 410 g/mol. The van der Waals surface area contributed by atoms with E-state index in [1.807, 2.05) is 0 Å². The van der Waals surface area contributed by atoms with Crippen molar-refractivity contribution >= 4 is 24.0 Å². The lowest BCUT2D eigenvalue weighted by Gasteiger charge is -2.17. The largest absolute Gasteiger partial charge is 0.340 e. The molecule has 0 bridgehead atoms. The highest BCUT2D eigenvalue weighted by atomic mass is 17.0. The van der Waals surface area contributed by atoms with E-state index in [2.05, 4.69) is 9.68 Å². The van der Waals surface area contributed by atoms with Crippen LogP contribution in [0.4, 0.5) is 0 Å². The number of rotatable bonds is 10. The van der Waals surface area contributed by atoms with Gasteiger partial charge in [0.25, 0.3) is 27.9 Å². The van der Waals surface area contributed by atoms with Crippen LogP contribution in [0.15, 0.2) is 12.1 Å². The molecule has 3 amide bonds. The fraction of sp³-hybridized carbons (Fsp3) is 0.333. The predicted octanol–water partition coefficient (Wildman–Crippen LogP) is -0.416. The Morgan fingerprint density at radius 1 is 1.10 bits per heavy atom. The third kappa shape index (κ3) is 4.60. The minimum absolute atomic E-state index is 0.130. The molecule has 2 rings (SSSR count). The molecule has 0 unspecified atom stereocenters. The summed E-state index contributed by atoms with van der Waals surface area (Å²) in [6.45, 7) is -1.51. The summed E-state index contributed by atoms with van der Waals surface area (Å²) < 4.78 is 0. The maximum absolute atomic E-state index is 12.6. The van der Waals surface area contributed by atoms with Crippen molar-refractivity contribution in [1.82, 2.24) is 9.80 Å². The van der Waals surface area contributed by atoms with E-state index >= 15 is 0 Å². The number of carbonyl (C=O) groups excluding carboxylic acids is 4. The Labute approximate surface area is 161 Å². The minimum atomic E-state index is -1.07. The molecule has 29 heavy (non-hydrogen) atoms. The maximum atomic E-state index is 12.6. The Bertz CT molecular complexity index is 899.